The first-order valence-electron chi connectivity index (χ1n) is 7.26. The predicted octanol–water partition coefficient (Wildman–Crippen LogP) is 1.42. The first-order chi connectivity index (χ1) is 10.8. The Hall–Kier alpha value is -2.70. The molecule has 0 fully saturated rings. The number of carbonyl (C=O) groups excluding carboxylic acids is 1. The first-order valence-corrected chi connectivity index (χ1v) is 7.26. The van der Waals surface area contributed by atoms with Crippen molar-refractivity contribution in [3.63, 3.8) is 0 Å². The predicted molar refractivity (Wildman–Crippen MR) is 84.1 cm³/mol. The molecule has 7 heteroatoms. The molecule has 0 aliphatic carbocycles. The number of aryl methyl sites for hydroxylation is 1. The van der Waals surface area contributed by atoms with Gasteiger partial charge in [0.05, 0.1) is 6.20 Å². The lowest BCUT2D eigenvalue weighted by Gasteiger charge is -2.27. The van der Waals surface area contributed by atoms with E-state index in [-0.39, 0.29) is 18.1 Å². The fourth-order valence-electron chi connectivity index (χ4n) is 2.37. The van der Waals surface area contributed by atoms with Crippen LogP contribution in [0.3, 0.4) is 0 Å². The number of hydrogen-bond acceptors (Lipinski definition) is 4. The number of nitrogens with one attached hydrogen (secondary N) is 1. The summed E-state index contributed by atoms with van der Waals surface area (Å²) in [5.41, 5.74) is 1.74. The zero-order valence-electron chi connectivity index (χ0n) is 13.4. The van der Waals surface area contributed by atoms with Crippen LogP contribution in [-0.4, -0.2) is 37.5 Å². The van der Waals surface area contributed by atoms with Crippen molar-refractivity contribution >= 4 is 11.9 Å². The van der Waals surface area contributed by atoms with Gasteiger partial charge < -0.3 is 10.4 Å². The molecule has 1 amide bonds. The molecule has 2 aromatic rings. The zero-order chi connectivity index (χ0) is 17.0. The second kappa shape index (κ2) is 6.60. The molecule has 0 spiro atoms. The van der Waals surface area contributed by atoms with Gasteiger partial charge in [0.2, 0.25) is 5.91 Å². The average Bonchev–Trinajstić information content (AvgIpc) is 2.89. The molecule has 0 saturated heterocycles. The van der Waals surface area contributed by atoms with Crippen LogP contribution in [0.1, 0.15) is 35.5 Å². The van der Waals surface area contributed by atoms with Crippen LogP contribution in [0.5, 0.6) is 0 Å². The molecule has 0 aliphatic rings. The van der Waals surface area contributed by atoms with E-state index in [1.165, 1.54) is 22.0 Å². The number of aromatic carboxylic acids is 1. The van der Waals surface area contributed by atoms with Crippen molar-refractivity contribution in [1.82, 2.24) is 20.3 Å². The Labute approximate surface area is 134 Å². The summed E-state index contributed by atoms with van der Waals surface area (Å²) in [6, 6.07) is 8.04. The summed E-state index contributed by atoms with van der Waals surface area (Å²) < 4.78 is 1.21. The van der Waals surface area contributed by atoms with Crippen LogP contribution in [0.15, 0.2) is 30.5 Å². The third-order valence-corrected chi connectivity index (χ3v) is 3.43. The molecule has 0 aliphatic heterocycles. The molecule has 23 heavy (non-hydrogen) atoms. The molecular weight excluding hydrogens is 296 g/mol. The van der Waals surface area contributed by atoms with E-state index in [0.717, 1.165) is 0 Å². The molecule has 0 atom stereocenters. The van der Waals surface area contributed by atoms with E-state index in [4.69, 9.17) is 5.11 Å². The number of nitrogens with zero attached hydrogens (tertiary/aromatic N) is 3. The van der Waals surface area contributed by atoms with E-state index in [1.807, 2.05) is 45.0 Å². The Balaban J connectivity index is 1.97. The highest BCUT2D eigenvalue weighted by atomic mass is 16.4. The Morgan fingerprint density at radius 3 is 2.61 bits per heavy atom. The minimum absolute atomic E-state index is 0.0719. The molecular formula is C16H20N4O3. The standard InChI is InChI=1S/C16H20N4O3/c1-11-6-4-5-7-12(11)8-16(2,3)17-14(21)10-20-9-13(15(22)23)18-19-20/h4-7,9H,8,10H2,1-3H3,(H,17,21)(H,22,23). The smallest absolute Gasteiger partial charge is 0.358 e. The Morgan fingerprint density at radius 2 is 2.00 bits per heavy atom. The molecule has 122 valence electrons. The van der Waals surface area contributed by atoms with Crippen LogP contribution in [0.2, 0.25) is 0 Å². The van der Waals surface area contributed by atoms with E-state index < -0.39 is 11.5 Å². The van der Waals surface area contributed by atoms with E-state index in [9.17, 15) is 9.59 Å². The first kappa shape index (κ1) is 16.7. The van der Waals surface area contributed by atoms with Gasteiger partial charge in [0, 0.05) is 5.54 Å². The van der Waals surface area contributed by atoms with Crippen LogP contribution in [0.4, 0.5) is 0 Å². The van der Waals surface area contributed by atoms with Gasteiger partial charge in [0.1, 0.15) is 6.54 Å². The van der Waals surface area contributed by atoms with Crippen LogP contribution in [0, 0.1) is 6.92 Å². The average molecular weight is 316 g/mol. The highest BCUT2D eigenvalue weighted by molar-refractivity contribution is 5.84. The Bertz CT molecular complexity index is 722. The molecule has 0 radical (unpaired) electrons. The number of hydrogen-bond donors (Lipinski definition) is 2. The van der Waals surface area contributed by atoms with Gasteiger partial charge in [-0.05, 0) is 38.3 Å². The number of benzene rings is 1. The van der Waals surface area contributed by atoms with Gasteiger partial charge in [-0.1, -0.05) is 29.5 Å². The topological polar surface area (TPSA) is 97.1 Å². The number of carbonyl (C=O) groups is 2. The third-order valence-electron chi connectivity index (χ3n) is 3.43. The SMILES string of the molecule is Cc1ccccc1CC(C)(C)NC(=O)Cn1cc(C(=O)O)nn1. The monoisotopic (exact) mass is 316 g/mol. The molecule has 1 heterocycles. The van der Waals surface area contributed by atoms with E-state index in [1.54, 1.807) is 0 Å². The molecule has 0 bridgehead atoms. The van der Waals surface area contributed by atoms with Gasteiger partial charge in [-0.2, -0.15) is 0 Å². The van der Waals surface area contributed by atoms with Crippen molar-refractivity contribution in [1.29, 1.82) is 0 Å². The van der Waals surface area contributed by atoms with Crippen LogP contribution in [-0.2, 0) is 17.8 Å². The maximum absolute atomic E-state index is 12.1. The van der Waals surface area contributed by atoms with Gasteiger partial charge in [0.25, 0.3) is 0 Å². The second-order valence-corrected chi connectivity index (χ2v) is 6.14. The van der Waals surface area contributed by atoms with Crippen LogP contribution < -0.4 is 5.32 Å². The lowest BCUT2D eigenvalue weighted by atomic mass is 9.92. The minimum atomic E-state index is -1.17. The van der Waals surface area contributed by atoms with Gasteiger partial charge in [-0.3, -0.25) is 4.79 Å². The van der Waals surface area contributed by atoms with E-state index in [2.05, 4.69) is 15.6 Å². The largest absolute Gasteiger partial charge is 0.476 e. The molecule has 2 rings (SSSR count). The number of rotatable bonds is 6. The summed E-state index contributed by atoms with van der Waals surface area (Å²) in [6.07, 6.45) is 1.93. The van der Waals surface area contributed by atoms with E-state index in [0.29, 0.717) is 6.42 Å². The fraction of sp³-hybridized carbons (Fsp3) is 0.375. The van der Waals surface area contributed by atoms with Crippen molar-refractivity contribution in [2.24, 2.45) is 0 Å². The van der Waals surface area contributed by atoms with E-state index >= 15 is 0 Å². The highest BCUT2D eigenvalue weighted by Gasteiger charge is 2.22. The Kier molecular flexibility index (Phi) is 4.78. The number of aromatic nitrogens is 3. The van der Waals surface area contributed by atoms with Gasteiger partial charge in [-0.25, -0.2) is 9.48 Å². The summed E-state index contributed by atoms with van der Waals surface area (Å²) >= 11 is 0. The van der Waals surface area contributed by atoms with Gasteiger partial charge in [0.15, 0.2) is 5.69 Å². The summed E-state index contributed by atoms with van der Waals surface area (Å²) in [5, 5.41) is 18.8. The highest BCUT2D eigenvalue weighted by Crippen LogP contribution is 2.16. The normalized spacial score (nSPS) is 11.3. The molecule has 0 saturated carbocycles. The van der Waals surface area contributed by atoms with Crippen molar-refractivity contribution in [2.45, 2.75) is 39.3 Å². The molecule has 1 aromatic heterocycles. The molecule has 7 nitrogen and oxygen atoms in total. The van der Waals surface area contributed by atoms with Crippen molar-refractivity contribution in [2.75, 3.05) is 0 Å². The Morgan fingerprint density at radius 1 is 1.30 bits per heavy atom. The molecule has 1 aromatic carbocycles. The maximum atomic E-state index is 12.1. The molecule has 2 N–H and O–H groups in total. The zero-order valence-corrected chi connectivity index (χ0v) is 13.4. The van der Waals surface area contributed by atoms with Gasteiger partial charge >= 0.3 is 5.97 Å². The maximum Gasteiger partial charge on any atom is 0.358 e. The lowest BCUT2D eigenvalue weighted by Crippen LogP contribution is -2.46. The quantitative estimate of drug-likeness (QED) is 0.840. The van der Waals surface area contributed by atoms with Crippen molar-refractivity contribution < 1.29 is 14.7 Å². The fourth-order valence-corrected chi connectivity index (χ4v) is 2.37. The summed E-state index contributed by atoms with van der Waals surface area (Å²) in [5.74, 6) is -1.41. The summed E-state index contributed by atoms with van der Waals surface area (Å²) in [6.45, 7) is 5.86. The van der Waals surface area contributed by atoms with Crippen LogP contribution in [0.25, 0.3) is 0 Å². The van der Waals surface area contributed by atoms with Crippen molar-refractivity contribution in [3.05, 3.63) is 47.3 Å². The third kappa shape index (κ3) is 4.64. The summed E-state index contributed by atoms with van der Waals surface area (Å²) in [4.78, 5) is 22.9. The minimum Gasteiger partial charge on any atom is -0.476 e. The van der Waals surface area contributed by atoms with Gasteiger partial charge in [-0.15, -0.1) is 5.10 Å². The lowest BCUT2D eigenvalue weighted by molar-refractivity contribution is -0.123. The second-order valence-electron chi connectivity index (χ2n) is 6.14. The van der Waals surface area contributed by atoms with Crippen LogP contribution >= 0.6 is 0 Å². The number of carboxylic acids is 1. The summed E-state index contributed by atoms with van der Waals surface area (Å²) in [7, 11) is 0. The van der Waals surface area contributed by atoms with Crippen molar-refractivity contribution in [3.8, 4) is 0 Å². The molecule has 0 unspecified atom stereocenters. The number of amides is 1. The number of carboxylic acid groups (broad SMARTS) is 1.